The summed E-state index contributed by atoms with van der Waals surface area (Å²) in [7, 11) is 0. The van der Waals surface area contributed by atoms with Crippen LogP contribution in [-0.4, -0.2) is 17.2 Å². The summed E-state index contributed by atoms with van der Waals surface area (Å²) in [6, 6.07) is 9.31. The molecule has 0 radical (unpaired) electrons. The molecule has 0 spiro atoms. The van der Waals surface area contributed by atoms with E-state index in [1.54, 1.807) is 0 Å². The van der Waals surface area contributed by atoms with Gasteiger partial charge in [0.25, 0.3) is 0 Å². The first-order valence-corrected chi connectivity index (χ1v) is 7.60. The highest BCUT2D eigenvalue weighted by molar-refractivity contribution is 9.10. The van der Waals surface area contributed by atoms with Gasteiger partial charge in [0.05, 0.1) is 0 Å². The Morgan fingerprint density at radius 3 is 2.83 bits per heavy atom. The molecule has 0 saturated heterocycles. The third kappa shape index (κ3) is 2.47. The van der Waals surface area contributed by atoms with Crippen LogP contribution in [0.3, 0.4) is 0 Å². The Bertz CT molecular complexity index is 526. The largest absolute Gasteiger partial charge is 0.345 e. The molecule has 0 amide bonds. The Labute approximate surface area is 116 Å². The number of fused-ring (bicyclic) bond motifs is 1. The molecule has 2 aromatic rings. The van der Waals surface area contributed by atoms with Gasteiger partial charge in [0, 0.05) is 40.7 Å². The smallest absolute Gasteiger partial charge is 0.0492 e. The number of para-hydroxylation sites is 1. The molecule has 0 bridgehead atoms. The molecule has 3 rings (SSSR count). The van der Waals surface area contributed by atoms with Gasteiger partial charge < -0.3 is 9.88 Å². The van der Waals surface area contributed by atoms with Gasteiger partial charge in [-0.2, -0.15) is 0 Å². The lowest BCUT2D eigenvalue weighted by Crippen LogP contribution is -2.29. The molecule has 2 nitrogen and oxygen atoms in total. The van der Waals surface area contributed by atoms with E-state index >= 15 is 0 Å². The number of aromatic nitrogens is 1. The van der Waals surface area contributed by atoms with Crippen LogP contribution in [0.1, 0.15) is 25.7 Å². The minimum Gasteiger partial charge on any atom is -0.345 e. The summed E-state index contributed by atoms with van der Waals surface area (Å²) in [4.78, 5) is 0. The van der Waals surface area contributed by atoms with E-state index in [-0.39, 0.29) is 0 Å². The van der Waals surface area contributed by atoms with Crippen LogP contribution in [-0.2, 0) is 6.54 Å². The van der Waals surface area contributed by atoms with Gasteiger partial charge in [-0.05, 0) is 34.8 Å². The van der Waals surface area contributed by atoms with Crippen LogP contribution in [0.4, 0.5) is 0 Å². The zero-order valence-electron chi connectivity index (χ0n) is 10.5. The molecule has 18 heavy (non-hydrogen) atoms. The Kier molecular flexibility index (Phi) is 3.71. The molecule has 1 aliphatic carbocycles. The fourth-order valence-corrected chi connectivity index (χ4v) is 3.49. The molecule has 1 fully saturated rings. The Balaban J connectivity index is 1.67. The van der Waals surface area contributed by atoms with Crippen molar-refractivity contribution in [1.82, 2.24) is 9.88 Å². The Morgan fingerprint density at radius 1 is 1.22 bits per heavy atom. The summed E-state index contributed by atoms with van der Waals surface area (Å²) in [6.45, 7) is 2.11. The lowest BCUT2D eigenvalue weighted by Gasteiger charge is -2.12. The van der Waals surface area contributed by atoms with E-state index in [1.807, 2.05) is 0 Å². The molecule has 1 aliphatic rings. The zero-order valence-corrected chi connectivity index (χ0v) is 12.1. The van der Waals surface area contributed by atoms with Crippen LogP contribution >= 0.6 is 15.9 Å². The first-order chi connectivity index (χ1) is 8.84. The van der Waals surface area contributed by atoms with Crippen molar-refractivity contribution in [3.8, 4) is 0 Å². The minimum absolute atomic E-state index is 0.760. The number of rotatable bonds is 4. The highest BCUT2D eigenvalue weighted by Gasteiger charge is 2.13. The van der Waals surface area contributed by atoms with Crippen molar-refractivity contribution in [3.63, 3.8) is 0 Å². The second-order valence-electron chi connectivity index (χ2n) is 5.12. The molecule has 1 heterocycles. The maximum absolute atomic E-state index is 3.67. The van der Waals surface area contributed by atoms with E-state index in [9.17, 15) is 0 Å². The maximum Gasteiger partial charge on any atom is 0.0492 e. The molecule has 0 aliphatic heterocycles. The van der Waals surface area contributed by atoms with Crippen LogP contribution in [0.25, 0.3) is 10.9 Å². The molecule has 1 aromatic carbocycles. The predicted octanol–water partition coefficient (Wildman–Crippen LogP) is 3.94. The molecule has 96 valence electrons. The van der Waals surface area contributed by atoms with Crippen molar-refractivity contribution >= 4 is 26.8 Å². The molecule has 1 aromatic heterocycles. The van der Waals surface area contributed by atoms with Gasteiger partial charge >= 0.3 is 0 Å². The lowest BCUT2D eigenvalue weighted by molar-refractivity contribution is 0.501. The van der Waals surface area contributed by atoms with Crippen LogP contribution in [0.15, 0.2) is 34.9 Å². The topological polar surface area (TPSA) is 17.0 Å². The number of nitrogens with zero attached hydrogens (tertiary/aromatic N) is 1. The Hall–Kier alpha value is -0.800. The van der Waals surface area contributed by atoms with Gasteiger partial charge in [-0.1, -0.05) is 31.0 Å². The summed E-state index contributed by atoms with van der Waals surface area (Å²) >= 11 is 3.63. The van der Waals surface area contributed by atoms with Gasteiger partial charge in [0.2, 0.25) is 0 Å². The summed E-state index contributed by atoms with van der Waals surface area (Å²) in [5.74, 6) is 0. The van der Waals surface area contributed by atoms with Crippen LogP contribution in [0.5, 0.6) is 0 Å². The monoisotopic (exact) mass is 306 g/mol. The van der Waals surface area contributed by atoms with Crippen molar-refractivity contribution in [1.29, 1.82) is 0 Å². The van der Waals surface area contributed by atoms with Crippen molar-refractivity contribution in [2.45, 2.75) is 38.3 Å². The number of benzene rings is 1. The SMILES string of the molecule is Brc1cn(CCNC2CCCC2)c2ccccc12. The highest BCUT2D eigenvalue weighted by Crippen LogP contribution is 2.25. The third-order valence-corrected chi connectivity index (χ3v) is 4.51. The zero-order chi connectivity index (χ0) is 12.4. The predicted molar refractivity (Wildman–Crippen MR) is 79.9 cm³/mol. The molecule has 3 heteroatoms. The van der Waals surface area contributed by atoms with Gasteiger partial charge in [-0.15, -0.1) is 0 Å². The summed E-state index contributed by atoms with van der Waals surface area (Å²) in [5, 5.41) is 4.97. The molecule has 1 saturated carbocycles. The van der Waals surface area contributed by atoms with E-state index in [4.69, 9.17) is 0 Å². The van der Waals surface area contributed by atoms with Crippen LogP contribution in [0.2, 0.25) is 0 Å². The van der Waals surface area contributed by atoms with Gasteiger partial charge in [0.15, 0.2) is 0 Å². The third-order valence-electron chi connectivity index (χ3n) is 3.88. The minimum atomic E-state index is 0.760. The highest BCUT2D eigenvalue weighted by atomic mass is 79.9. The average Bonchev–Trinajstić information content (AvgIpc) is 3.00. The Morgan fingerprint density at radius 2 is 2.00 bits per heavy atom. The summed E-state index contributed by atoms with van der Waals surface area (Å²) < 4.78 is 3.53. The number of halogens is 1. The molecule has 0 unspecified atom stereocenters. The van der Waals surface area contributed by atoms with Crippen LogP contribution in [0, 0.1) is 0 Å². The normalized spacial score (nSPS) is 16.7. The van der Waals surface area contributed by atoms with E-state index in [0.717, 1.165) is 19.1 Å². The summed E-state index contributed by atoms with van der Waals surface area (Å²) in [6.07, 6.45) is 7.71. The summed E-state index contributed by atoms with van der Waals surface area (Å²) in [5.41, 5.74) is 1.32. The number of hydrogen-bond acceptors (Lipinski definition) is 1. The van der Waals surface area contributed by atoms with Gasteiger partial charge in [-0.25, -0.2) is 0 Å². The van der Waals surface area contributed by atoms with Crippen molar-refractivity contribution < 1.29 is 0 Å². The van der Waals surface area contributed by atoms with Gasteiger partial charge in [0.1, 0.15) is 0 Å². The molecule has 1 N–H and O–H groups in total. The van der Waals surface area contributed by atoms with Crippen molar-refractivity contribution in [2.24, 2.45) is 0 Å². The molecular weight excluding hydrogens is 288 g/mol. The average molecular weight is 307 g/mol. The van der Waals surface area contributed by atoms with Gasteiger partial charge in [-0.3, -0.25) is 0 Å². The standard InChI is InChI=1S/C15H19BrN2/c16-14-11-18(15-8-4-3-7-13(14)15)10-9-17-12-5-1-2-6-12/h3-4,7-8,11-12,17H,1-2,5-6,9-10H2. The molecule has 0 atom stereocenters. The van der Waals surface area contributed by atoms with E-state index < -0.39 is 0 Å². The van der Waals surface area contributed by atoms with E-state index in [1.165, 1.54) is 41.1 Å². The van der Waals surface area contributed by atoms with Crippen molar-refractivity contribution in [3.05, 3.63) is 34.9 Å². The van der Waals surface area contributed by atoms with Crippen LogP contribution < -0.4 is 5.32 Å². The number of hydrogen-bond donors (Lipinski definition) is 1. The fraction of sp³-hybridized carbons (Fsp3) is 0.467. The first kappa shape index (κ1) is 12.2. The second-order valence-corrected chi connectivity index (χ2v) is 5.98. The number of nitrogens with one attached hydrogen (secondary N) is 1. The van der Waals surface area contributed by atoms with E-state index in [2.05, 4.69) is 56.3 Å². The second kappa shape index (κ2) is 5.45. The lowest BCUT2D eigenvalue weighted by atomic mass is 10.2. The quantitative estimate of drug-likeness (QED) is 0.905. The maximum atomic E-state index is 3.67. The molecular formula is C15H19BrN2. The van der Waals surface area contributed by atoms with Crippen molar-refractivity contribution in [2.75, 3.05) is 6.54 Å². The van der Waals surface area contributed by atoms with E-state index in [0.29, 0.717) is 0 Å². The first-order valence-electron chi connectivity index (χ1n) is 6.81. The fourth-order valence-electron chi connectivity index (χ4n) is 2.91.